The number of hydrogen-bond acceptors (Lipinski definition) is 2. The van der Waals surface area contributed by atoms with E-state index in [1.54, 1.807) is 0 Å². The van der Waals surface area contributed by atoms with Crippen molar-refractivity contribution in [2.24, 2.45) is 11.8 Å². The topological polar surface area (TPSA) is 38.0 Å². The second kappa shape index (κ2) is 4.98. The zero-order chi connectivity index (χ0) is 11.5. The van der Waals surface area contributed by atoms with Crippen LogP contribution in [0.15, 0.2) is 18.2 Å². The minimum atomic E-state index is 0.334. The molecule has 0 saturated heterocycles. The number of nitrogens with two attached hydrogens (primary N) is 1. The number of aryl methyl sites for hydroxylation is 2. The zero-order valence-corrected chi connectivity index (χ0v) is 10.3. The largest absolute Gasteiger partial charge is 0.271 e. The molecule has 0 heterocycles. The first-order valence-electron chi connectivity index (χ1n) is 6.25. The van der Waals surface area contributed by atoms with Crippen molar-refractivity contribution in [3.8, 4) is 0 Å². The number of hydrazine groups is 1. The molecule has 1 atom stereocenters. The van der Waals surface area contributed by atoms with E-state index < -0.39 is 0 Å². The molecule has 0 bridgehead atoms. The second-order valence-electron chi connectivity index (χ2n) is 5.11. The highest BCUT2D eigenvalue weighted by atomic mass is 15.2. The van der Waals surface area contributed by atoms with Gasteiger partial charge >= 0.3 is 0 Å². The van der Waals surface area contributed by atoms with Gasteiger partial charge in [0.2, 0.25) is 0 Å². The molecule has 1 aliphatic carbocycles. The van der Waals surface area contributed by atoms with Crippen LogP contribution in [0.5, 0.6) is 0 Å². The van der Waals surface area contributed by atoms with E-state index in [-0.39, 0.29) is 0 Å². The molecule has 1 aromatic rings. The van der Waals surface area contributed by atoms with Gasteiger partial charge < -0.3 is 0 Å². The molecule has 16 heavy (non-hydrogen) atoms. The Hall–Kier alpha value is -0.860. The van der Waals surface area contributed by atoms with Gasteiger partial charge in [0.25, 0.3) is 0 Å². The van der Waals surface area contributed by atoms with Gasteiger partial charge in [-0.1, -0.05) is 42.2 Å². The summed E-state index contributed by atoms with van der Waals surface area (Å²) in [6.45, 7) is 4.30. The number of hydrogen-bond donors (Lipinski definition) is 2. The van der Waals surface area contributed by atoms with Crippen LogP contribution in [0.2, 0.25) is 0 Å². The zero-order valence-electron chi connectivity index (χ0n) is 10.3. The van der Waals surface area contributed by atoms with Crippen molar-refractivity contribution in [2.45, 2.75) is 45.6 Å². The number of rotatable bonds is 3. The van der Waals surface area contributed by atoms with E-state index in [0.717, 1.165) is 0 Å². The van der Waals surface area contributed by atoms with Gasteiger partial charge in [-0.15, -0.1) is 0 Å². The van der Waals surface area contributed by atoms with Crippen molar-refractivity contribution in [3.05, 3.63) is 34.9 Å². The highest BCUT2D eigenvalue weighted by molar-refractivity contribution is 5.31. The fraction of sp³-hybridized carbons (Fsp3) is 0.571. The van der Waals surface area contributed by atoms with E-state index in [1.807, 2.05) is 0 Å². The van der Waals surface area contributed by atoms with Crippen LogP contribution in [0.4, 0.5) is 0 Å². The fourth-order valence-corrected chi connectivity index (χ4v) is 2.98. The van der Waals surface area contributed by atoms with E-state index in [2.05, 4.69) is 37.5 Å². The maximum atomic E-state index is 5.73. The van der Waals surface area contributed by atoms with Crippen LogP contribution in [0, 0.1) is 19.8 Å². The fourth-order valence-electron chi connectivity index (χ4n) is 2.98. The van der Waals surface area contributed by atoms with E-state index in [9.17, 15) is 0 Å². The van der Waals surface area contributed by atoms with E-state index in [1.165, 1.54) is 42.4 Å². The first-order chi connectivity index (χ1) is 7.70. The standard InChI is InChI=1S/C14H22N2/c1-10-7-11(2)9-13(8-10)14(16-15)12-5-3-4-6-12/h7-9,12,14,16H,3-6,15H2,1-2H3. The monoisotopic (exact) mass is 218 g/mol. The molecule has 88 valence electrons. The predicted octanol–water partition coefficient (Wildman–Crippen LogP) is 3.00. The molecule has 0 radical (unpaired) electrons. The Bertz CT molecular complexity index is 334. The SMILES string of the molecule is Cc1cc(C)cc(C(NN)C2CCCC2)c1. The Kier molecular flexibility index (Phi) is 3.62. The first-order valence-corrected chi connectivity index (χ1v) is 6.25. The lowest BCUT2D eigenvalue weighted by molar-refractivity contribution is 0.373. The third kappa shape index (κ3) is 2.45. The molecular formula is C14H22N2. The van der Waals surface area contributed by atoms with Crippen LogP contribution in [0.1, 0.15) is 48.4 Å². The summed E-state index contributed by atoms with van der Waals surface area (Å²) in [5.41, 5.74) is 7.02. The summed E-state index contributed by atoms with van der Waals surface area (Å²) in [5, 5.41) is 0. The van der Waals surface area contributed by atoms with Crippen LogP contribution in [0.3, 0.4) is 0 Å². The Morgan fingerprint density at radius 2 is 1.69 bits per heavy atom. The smallest absolute Gasteiger partial charge is 0.0488 e. The molecule has 0 spiro atoms. The summed E-state index contributed by atoms with van der Waals surface area (Å²) in [6, 6.07) is 7.07. The summed E-state index contributed by atoms with van der Waals surface area (Å²) in [6.07, 6.45) is 5.32. The van der Waals surface area contributed by atoms with Crippen LogP contribution in [0.25, 0.3) is 0 Å². The Morgan fingerprint density at radius 1 is 1.12 bits per heavy atom. The van der Waals surface area contributed by atoms with Crippen LogP contribution in [-0.2, 0) is 0 Å². The summed E-state index contributed by atoms with van der Waals surface area (Å²) in [4.78, 5) is 0. The lowest BCUT2D eigenvalue weighted by Gasteiger charge is -2.23. The summed E-state index contributed by atoms with van der Waals surface area (Å²) in [5.74, 6) is 6.45. The second-order valence-corrected chi connectivity index (χ2v) is 5.11. The van der Waals surface area contributed by atoms with Gasteiger partial charge in [-0.2, -0.15) is 0 Å². The van der Waals surface area contributed by atoms with Gasteiger partial charge in [0.1, 0.15) is 0 Å². The van der Waals surface area contributed by atoms with Crippen molar-refractivity contribution < 1.29 is 0 Å². The Labute approximate surface area is 98.2 Å². The lowest BCUT2D eigenvalue weighted by atomic mass is 9.90. The summed E-state index contributed by atoms with van der Waals surface area (Å²) in [7, 11) is 0. The van der Waals surface area contributed by atoms with Crippen LogP contribution in [-0.4, -0.2) is 0 Å². The molecule has 3 N–H and O–H groups in total. The number of benzene rings is 1. The molecule has 2 rings (SSSR count). The quantitative estimate of drug-likeness (QED) is 0.604. The molecule has 1 fully saturated rings. The normalized spacial score (nSPS) is 18.9. The van der Waals surface area contributed by atoms with E-state index >= 15 is 0 Å². The molecular weight excluding hydrogens is 196 g/mol. The van der Waals surface area contributed by atoms with Crippen LogP contribution >= 0.6 is 0 Å². The minimum absolute atomic E-state index is 0.334. The van der Waals surface area contributed by atoms with Crippen molar-refractivity contribution in [1.82, 2.24) is 5.43 Å². The van der Waals surface area contributed by atoms with E-state index in [0.29, 0.717) is 12.0 Å². The molecule has 1 unspecified atom stereocenters. The minimum Gasteiger partial charge on any atom is -0.271 e. The highest BCUT2D eigenvalue weighted by Crippen LogP contribution is 2.35. The molecule has 2 heteroatoms. The molecule has 0 aliphatic heterocycles. The van der Waals surface area contributed by atoms with Gasteiger partial charge in [-0.05, 0) is 38.2 Å². The van der Waals surface area contributed by atoms with Crippen molar-refractivity contribution in [1.29, 1.82) is 0 Å². The van der Waals surface area contributed by atoms with Gasteiger partial charge in [0.15, 0.2) is 0 Å². The summed E-state index contributed by atoms with van der Waals surface area (Å²) < 4.78 is 0. The Morgan fingerprint density at radius 3 is 2.19 bits per heavy atom. The highest BCUT2D eigenvalue weighted by Gasteiger charge is 2.25. The molecule has 1 aliphatic rings. The third-order valence-electron chi connectivity index (χ3n) is 3.65. The third-order valence-corrected chi connectivity index (χ3v) is 3.65. The first kappa shape index (κ1) is 11.6. The van der Waals surface area contributed by atoms with Gasteiger partial charge in [-0.3, -0.25) is 11.3 Å². The summed E-state index contributed by atoms with van der Waals surface area (Å²) >= 11 is 0. The number of nitrogens with one attached hydrogen (secondary N) is 1. The lowest BCUT2D eigenvalue weighted by Crippen LogP contribution is -2.32. The average molecular weight is 218 g/mol. The molecule has 2 nitrogen and oxygen atoms in total. The van der Waals surface area contributed by atoms with Gasteiger partial charge in [0, 0.05) is 6.04 Å². The van der Waals surface area contributed by atoms with Crippen molar-refractivity contribution in [3.63, 3.8) is 0 Å². The maximum absolute atomic E-state index is 5.73. The molecule has 1 saturated carbocycles. The van der Waals surface area contributed by atoms with Gasteiger partial charge in [-0.25, -0.2) is 0 Å². The molecule has 0 amide bonds. The van der Waals surface area contributed by atoms with Crippen LogP contribution < -0.4 is 11.3 Å². The maximum Gasteiger partial charge on any atom is 0.0488 e. The van der Waals surface area contributed by atoms with Gasteiger partial charge in [0.05, 0.1) is 0 Å². The Balaban J connectivity index is 2.24. The molecule has 1 aromatic carbocycles. The average Bonchev–Trinajstić information content (AvgIpc) is 2.70. The predicted molar refractivity (Wildman–Crippen MR) is 67.9 cm³/mol. The van der Waals surface area contributed by atoms with Crippen molar-refractivity contribution in [2.75, 3.05) is 0 Å². The molecule has 0 aromatic heterocycles. The van der Waals surface area contributed by atoms with Crippen molar-refractivity contribution >= 4 is 0 Å². The van der Waals surface area contributed by atoms with E-state index in [4.69, 9.17) is 5.84 Å².